The molecular formula is C29H40N4O5. The molecule has 0 spiro atoms. The van der Waals surface area contributed by atoms with Gasteiger partial charge >= 0.3 is 6.03 Å². The summed E-state index contributed by atoms with van der Waals surface area (Å²) in [6.07, 6.45) is 0.524. The Kier molecular flexibility index (Phi) is 9.38. The zero-order valence-corrected chi connectivity index (χ0v) is 23.8. The van der Waals surface area contributed by atoms with Crippen LogP contribution in [0.4, 0.5) is 4.79 Å². The van der Waals surface area contributed by atoms with Crippen molar-refractivity contribution >= 4 is 17.6 Å². The Labute approximate surface area is 225 Å². The Bertz CT molecular complexity index is 1190. The van der Waals surface area contributed by atoms with Gasteiger partial charge in [0.05, 0.1) is 32.6 Å². The molecular weight excluding hydrogens is 484 g/mol. The number of rotatable bonds is 9. The third kappa shape index (κ3) is 7.04. The molecule has 0 unspecified atom stereocenters. The van der Waals surface area contributed by atoms with E-state index in [9.17, 15) is 9.59 Å². The number of nitrogens with zero attached hydrogens (tertiary/aromatic N) is 3. The van der Waals surface area contributed by atoms with Crippen molar-refractivity contribution in [3.05, 3.63) is 58.7 Å². The lowest BCUT2D eigenvalue weighted by atomic mass is 9.96. The molecule has 1 aliphatic heterocycles. The van der Waals surface area contributed by atoms with Crippen molar-refractivity contribution in [2.75, 3.05) is 41.0 Å². The molecule has 0 saturated carbocycles. The first-order valence-electron chi connectivity index (χ1n) is 12.7. The highest BCUT2D eigenvalue weighted by Crippen LogP contribution is 2.37. The van der Waals surface area contributed by atoms with E-state index in [0.29, 0.717) is 24.5 Å². The van der Waals surface area contributed by atoms with Gasteiger partial charge in [0, 0.05) is 25.6 Å². The predicted octanol–water partition coefficient (Wildman–Crippen LogP) is 4.45. The van der Waals surface area contributed by atoms with E-state index < -0.39 is 5.54 Å². The number of benzene rings is 2. The Morgan fingerprint density at radius 3 is 2.34 bits per heavy atom. The van der Waals surface area contributed by atoms with Crippen molar-refractivity contribution < 1.29 is 23.8 Å². The molecule has 1 atom stereocenters. The number of amides is 3. The first kappa shape index (κ1) is 29.0. The highest BCUT2D eigenvalue weighted by atomic mass is 16.5. The van der Waals surface area contributed by atoms with Crippen molar-refractivity contribution in [3.8, 4) is 11.5 Å². The second-order valence-electron chi connectivity index (χ2n) is 10.5. The lowest BCUT2D eigenvalue weighted by Crippen LogP contribution is -2.52. The molecule has 1 N–H and O–H groups in total. The fourth-order valence-electron chi connectivity index (χ4n) is 4.24. The second kappa shape index (κ2) is 12.3. The maximum absolute atomic E-state index is 13.7. The van der Waals surface area contributed by atoms with Crippen LogP contribution >= 0.6 is 0 Å². The highest BCUT2D eigenvalue weighted by molar-refractivity contribution is 6.03. The van der Waals surface area contributed by atoms with Crippen molar-refractivity contribution in [3.63, 3.8) is 0 Å². The Morgan fingerprint density at radius 1 is 1.03 bits per heavy atom. The van der Waals surface area contributed by atoms with Crippen LogP contribution in [0.2, 0.25) is 0 Å². The van der Waals surface area contributed by atoms with Crippen LogP contribution < -0.4 is 14.8 Å². The third-order valence-electron chi connectivity index (χ3n) is 6.46. The van der Waals surface area contributed by atoms with E-state index in [4.69, 9.17) is 19.3 Å². The number of ether oxygens (including phenoxy) is 3. The van der Waals surface area contributed by atoms with Gasteiger partial charge in [-0.1, -0.05) is 18.2 Å². The van der Waals surface area contributed by atoms with E-state index in [1.165, 1.54) is 15.5 Å². The van der Waals surface area contributed by atoms with Crippen LogP contribution in [0.15, 0.2) is 41.5 Å². The van der Waals surface area contributed by atoms with Gasteiger partial charge in [-0.25, -0.2) is 9.80 Å². The molecule has 2 aromatic carbocycles. The van der Waals surface area contributed by atoms with E-state index in [2.05, 4.69) is 31.3 Å². The second-order valence-corrected chi connectivity index (χ2v) is 10.5. The summed E-state index contributed by atoms with van der Waals surface area (Å²) in [5.41, 5.74) is 4.54. The summed E-state index contributed by atoms with van der Waals surface area (Å²) in [5, 5.41) is 9.22. The van der Waals surface area contributed by atoms with Gasteiger partial charge in [-0.05, 0) is 75.1 Å². The first-order valence-corrected chi connectivity index (χ1v) is 12.7. The summed E-state index contributed by atoms with van der Waals surface area (Å²) < 4.78 is 16.1. The van der Waals surface area contributed by atoms with Crippen molar-refractivity contribution in [1.29, 1.82) is 0 Å². The number of hydrogen-bond acceptors (Lipinski definition) is 6. The summed E-state index contributed by atoms with van der Waals surface area (Å²) in [6, 6.07) is 11.1. The summed E-state index contributed by atoms with van der Waals surface area (Å²) in [5.74, 6) is 0.888. The molecule has 3 rings (SSSR count). The topological polar surface area (TPSA) is 92.7 Å². The smallest absolute Gasteiger partial charge is 0.318 e. The number of urea groups is 1. The van der Waals surface area contributed by atoms with Crippen LogP contribution in [0.25, 0.3) is 0 Å². The zero-order valence-electron chi connectivity index (χ0n) is 23.8. The van der Waals surface area contributed by atoms with E-state index >= 15 is 0 Å². The Hall–Kier alpha value is -3.59. The summed E-state index contributed by atoms with van der Waals surface area (Å²) in [6.45, 7) is 10.3. The van der Waals surface area contributed by atoms with Crippen LogP contribution in [-0.4, -0.2) is 74.1 Å². The van der Waals surface area contributed by atoms with E-state index in [1.807, 2.05) is 45.0 Å². The molecule has 3 amide bonds. The number of aryl methyl sites for hydroxylation is 2. The quantitative estimate of drug-likeness (QED) is 0.523. The SMILES string of the molecule is COCCN(CC(=O)N1N=C(c2ccc(C)c(C)c2)C[C@H]1c1ccc(OC)c(OC)c1)C(=O)NC(C)(C)C. The summed E-state index contributed by atoms with van der Waals surface area (Å²) in [7, 11) is 4.73. The average Bonchev–Trinajstić information content (AvgIpc) is 3.32. The lowest BCUT2D eigenvalue weighted by Gasteiger charge is -2.30. The minimum atomic E-state index is -0.449. The van der Waals surface area contributed by atoms with Gasteiger partial charge in [0.1, 0.15) is 6.54 Å². The van der Waals surface area contributed by atoms with Gasteiger partial charge in [-0.15, -0.1) is 0 Å². The molecule has 9 heteroatoms. The molecule has 0 saturated heterocycles. The molecule has 9 nitrogen and oxygen atoms in total. The van der Waals surface area contributed by atoms with Crippen molar-refractivity contribution in [1.82, 2.24) is 15.2 Å². The molecule has 206 valence electrons. The van der Waals surface area contributed by atoms with E-state index in [0.717, 1.165) is 22.4 Å². The molecule has 2 aromatic rings. The fraction of sp³-hybridized carbons (Fsp3) is 0.483. The normalized spacial score (nSPS) is 15.2. The standard InChI is InChI=1S/C29H40N4O5/c1-19-9-10-21(15-20(19)2)23-17-24(22-11-12-25(37-7)26(16-22)38-8)33(31-23)27(34)18-32(13-14-36-6)28(35)30-29(3,4)5/h9-12,15-16,24H,13-14,17-18H2,1-8H3,(H,30,35)/t24-/m0/s1. The first-order chi connectivity index (χ1) is 18.0. The van der Waals surface area contributed by atoms with E-state index in [1.54, 1.807) is 21.3 Å². The minimum absolute atomic E-state index is 0.140. The predicted molar refractivity (Wildman–Crippen MR) is 148 cm³/mol. The van der Waals surface area contributed by atoms with Crippen LogP contribution in [-0.2, 0) is 9.53 Å². The number of nitrogens with one attached hydrogen (secondary N) is 1. The van der Waals surface area contributed by atoms with Crippen LogP contribution in [0.5, 0.6) is 11.5 Å². The monoisotopic (exact) mass is 524 g/mol. The van der Waals surface area contributed by atoms with Gasteiger partial charge in [-0.3, -0.25) is 4.79 Å². The number of methoxy groups -OCH3 is 3. The highest BCUT2D eigenvalue weighted by Gasteiger charge is 2.35. The summed E-state index contributed by atoms with van der Waals surface area (Å²) >= 11 is 0. The molecule has 0 bridgehead atoms. The third-order valence-corrected chi connectivity index (χ3v) is 6.46. The maximum atomic E-state index is 13.7. The molecule has 38 heavy (non-hydrogen) atoms. The van der Waals surface area contributed by atoms with Gasteiger partial charge in [0.15, 0.2) is 11.5 Å². The number of hydrogen-bond donors (Lipinski definition) is 1. The number of carbonyl (C=O) groups excluding carboxylic acids is 2. The van der Waals surface area contributed by atoms with Crippen LogP contribution in [0.1, 0.15) is 55.5 Å². The largest absolute Gasteiger partial charge is 0.493 e. The fourth-order valence-corrected chi connectivity index (χ4v) is 4.24. The maximum Gasteiger partial charge on any atom is 0.318 e. The number of hydrazone groups is 1. The molecule has 0 aromatic heterocycles. The molecule has 0 fully saturated rings. The van der Waals surface area contributed by atoms with Gasteiger partial charge < -0.3 is 24.4 Å². The van der Waals surface area contributed by atoms with Gasteiger partial charge in [-0.2, -0.15) is 5.10 Å². The van der Waals surface area contributed by atoms with E-state index in [-0.39, 0.29) is 31.1 Å². The minimum Gasteiger partial charge on any atom is -0.493 e. The zero-order chi connectivity index (χ0) is 28.0. The molecule has 0 radical (unpaired) electrons. The van der Waals surface area contributed by atoms with Gasteiger partial charge in [0.25, 0.3) is 5.91 Å². The van der Waals surface area contributed by atoms with Gasteiger partial charge in [0.2, 0.25) is 0 Å². The lowest BCUT2D eigenvalue weighted by molar-refractivity contribution is -0.133. The van der Waals surface area contributed by atoms with Crippen molar-refractivity contribution in [2.45, 2.75) is 52.6 Å². The average molecular weight is 525 g/mol. The Balaban J connectivity index is 1.97. The molecule has 1 aliphatic rings. The van der Waals surface area contributed by atoms with Crippen LogP contribution in [0.3, 0.4) is 0 Å². The van der Waals surface area contributed by atoms with Crippen LogP contribution in [0, 0.1) is 13.8 Å². The number of carbonyl (C=O) groups is 2. The van der Waals surface area contributed by atoms with Crippen molar-refractivity contribution in [2.24, 2.45) is 5.10 Å². The summed E-state index contributed by atoms with van der Waals surface area (Å²) in [4.78, 5) is 28.2. The molecule has 1 heterocycles. The Morgan fingerprint density at radius 2 is 1.74 bits per heavy atom. The molecule has 0 aliphatic carbocycles.